The van der Waals surface area contributed by atoms with Gasteiger partial charge in [0.25, 0.3) is 0 Å². The second-order valence-electron chi connectivity index (χ2n) is 10.5. The number of nitrogens with two attached hydrogens (primary N) is 6. The van der Waals surface area contributed by atoms with Crippen LogP contribution in [0.2, 0.25) is 0 Å². The third-order valence-corrected chi connectivity index (χ3v) is 7.73. The summed E-state index contributed by atoms with van der Waals surface area (Å²) < 4.78 is 17.8. The largest absolute Gasteiger partial charge is 0.394 e. The summed E-state index contributed by atoms with van der Waals surface area (Å²) in [5, 5.41) is 55.1. The number of carbonyl (C=O) groups excluding carboxylic acids is 1. The minimum Gasteiger partial charge on any atom is -0.394 e. The van der Waals surface area contributed by atoms with Gasteiger partial charge in [0, 0.05) is 25.0 Å². The van der Waals surface area contributed by atoms with Gasteiger partial charge in [-0.1, -0.05) is 0 Å². The minimum absolute atomic E-state index is 0.0168. The number of carbonyl (C=O) groups is 1. The normalized spacial score (nSPS) is 42.2. The molecule has 2 aliphatic heterocycles. The van der Waals surface area contributed by atoms with Crippen LogP contribution >= 0.6 is 0 Å². The first-order valence-corrected chi connectivity index (χ1v) is 13.3. The van der Waals surface area contributed by atoms with Crippen LogP contribution in [0.25, 0.3) is 0 Å². The molecule has 1 saturated carbocycles. The van der Waals surface area contributed by atoms with Crippen molar-refractivity contribution >= 4 is 12.0 Å². The molecule has 0 aromatic rings. The molecule has 13 atom stereocenters. The van der Waals surface area contributed by atoms with E-state index < -0.39 is 85.6 Å². The Bertz CT molecular complexity index is 855. The number of aliphatic hydroxyl groups excluding tert-OH is 4. The molecule has 0 aromatic carbocycles. The lowest BCUT2D eigenvalue weighted by atomic mass is 9.72. The molecule has 2 amide bonds. The van der Waals surface area contributed by atoms with E-state index in [1.54, 1.807) is 0 Å². The number of nitrogens with one attached hydrogen (secondary N) is 1. The number of hydrogen-bond donors (Lipinski definition) is 12. The van der Waals surface area contributed by atoms with Gasteiger partial charge in [-0.25, -0.2) is 14.9 Å². The standard InChI is InChI=1S/C22H45N9O9/c23-3-4-31(37)22(36)30-11-5-9(25)13(18-10(29-21(27)28)2-1-8(6-24)38-18)16(34)19(11)40-20-17(35)14(26)15(33)12(7-32)39-20/h8-20,32-35,37H,1-7,23-26H2,(H,30,36)(H4,27,28,29). The number of urea groups is 1. The summed E-state index contributed by atoms with van der Waals surface area (Å²) in [5.41, 5.74) is 35.0. The Morgan fingerprint density at radius 1 is 1.07 bits per heavy atom. The maximum absolute atomic E-state index is 12.6. The van der Waals surface area contributed by atoms with Gasteiger partial charge < -0.3 is 74.4 Å². The Labute approximate surface area is 231 Å². The topological polar surface area (TPSA) is 330 Å². The van der Waals surface area contributed by atoms with Crippen LogP contribution < -0.4 is 39.7 Å². The van der Waals surface area contributed by atoms with Crippen molar-refractivity contribution in [1.82, 2.24) is 10.4 Å². The number of ether oxygens (including phenoxy) is 3. The number of hydrogen-bond acceptors (Lipinski definition) is 14. The van der Waals surface area contributed by atoms with Crippen LogP contribution in [0.1, 0.15) is 19.3 Å². The molecule has 232 valence electrons. The summed E-state index contributed by atoms with van der Waals surface area (Å²) in [5.74, 6) is -1.02. The zero-order valence-electron chi connectivity index (χ0n) is 22.2. The smallest absolute Gasteiger partial charge is 0.341 e. The third-order valence-electron chi connectivity index (χ3n) is 7.73. The highest BCUT2D eigenvalue weighted by Gasteiger charge is 2.53. The Morgan fingerprint density at radius 2 is 1.77 bits per heavy atom. The number of guanidine groups is 1. The van der Waals surface area contributed by atoms with Crippen molar-refractivity contribution in [2.45, 2.75) is 92.4 Å². The molecule has 3 rings (SSSR count). The van der Waals surface area contributed by atoms with E-state index >= 15 is 0 Å². The molecule has 2 heterocycles. The Morgan fingerprint density at radius 3 is 2.38 bits per heavy atom. The highest BCUT2D eigenvalue weighted by Crippen LogP contribution is 2.37. The third kappa shape index (κ3) is 7.27. The average Bonchev–Trinajstić information content (AvgIpc) is 2.91. The zero-order valence-corrected chi connectivity index (χ0v) is 22.2. The maximum atomic E-state index is 12.6. The van der Waals surface area contributed by atoms with Crippen molar-refractivity contribution < 1.29 is 44.6 Å². The lowest BCUT2D eigenvalue weighted by Crippen LogP contribution is -2.69. The van der Waals surface area contributed by atoms with Crippen molar-refractivity contribution in [3.05, 3.63) is 0 Å². The van der Waals surface area contributed by atoms with E-state index in [0.29, 0.717) is 17.9 Å². The molecule has 0 aromatic heterocycles. The van der Waals surface area contributed by atoms with Crippen LogP contribution in [0.5, 0.6) is 0 Å². The summed E-state index contributed by atoms with van der Waals surface area (Å²) in [6.07, 6.45) is -8.47. The Balaban J connectivity index is 1.93. The fourth-order valence-corrected chi connectivity index (χ4v) is 5.64. The van der Waals surface area contributed by atoms with Gasteiger partial charge >= 0.3 is 6.03 Å². The molecule has 40 heavy (non-hydrogen) atoms. The van der Waals surface area contributed by atoms with Crippen molar-refractivity contribution in [3.8, 4) is 0 Å². The number of nitrogens with zero attached hydrogens (tertiary/aromatic N) is 2. The predicted molar refractivity (Wildman–Crippen MR) is 139 cm³/mol. The molecule has 1 aliphatic carbocycles. The summed E-state index contributed by atoms with van der Waals surface area (Å²) in [4.78, 5) is 16.9. The number of rotatable bonds is 9. The molecule has 18 heteroatoms. The molecule has 13 unspecified atom stereocenters. The lowest BCUT2D eigenvalue weighted by molar-refractivity contribution is -0.306. The van der Waals surface area contributed by atoms with Gasteiger partial charge in [-0.05, 0) is 19.3 Å². The highest BCUT2D eigenvalue weighted by atomic mass is 16.7. The van der Waals surface area contributed by atoms with Crippen molar-refractivity contribution in [3.63, 3.8) is 0 Å². The first-order valence-electron chi connectivity index (χ1n) is 13.3. The predicted octanol–water partition coefficient (Wildman–Crippen LogP) is -6.28. The molecule has 3 fully saturated rings. The van der Waals surface area contributed by atoms with E-state index in [1.165, 1.54) is 0 Å². The molecule has 2 saturated heterocycles. The quantitative estimate of drug-likeness (QED) is 0.0523. The lowest BCUT2D eigenvalue weighted by Gasteiger charge is -2.50. The fourth-order valence-electron chi connectivity index (χ4n) is 5.64. The summed E-state index contributed by atoms with van der Waals surface area (Å²) >= 11 is 0. The van der Waals surface area contributed by atoms with Gasteiger partial charge in [-0.2, -0.15) is 0 Å². The summed E-state index contributed by atoms with van der Waals surface area (Å²) in [6.45, 7) is -0.609. The second kappa shape index (κ2) is 14.3. The van der Waals surface area contributed by atoms with Gasteiger partial charge in [-0.15, -0.1) is 0 Å². The van der Waals surface area contributed by atoms with Crippen LogP contribution in [0.15, 0.2) is 4.99 Å². The van der Waals surface area contributed by atoms with Crippen molar-refractivity contribution in [2.75, 3.05) is 26.2 Å². The molecule has 0 radical (unpaired) electrons. The monoisotopic (exact) mass is 579 g/mol. The number of amides is 2. The van der Waals surface area contributed by atoms with Gasteiger partial charge in [0.05, 0.1) is 49.6 Å². The van der Waals surface area contributed by atoms with Crippen LogP contribution in [-0.4, -0.2) is 142 Å². The first kappa shape index (κ1) is 32.6. The number of aliphatic hydroxyl groups is 4. The van der Waals surface area contributed by atoms with E-state index in [2.05, 4.69) is 10.3 Å². The summed E-state index contributed by atoms with van der Waals surface area (Å²) in [7, 11) is 0. The second-order valence-corrected chi connectivity index (χ2v) is 10.5. The van der Waals surface area contributed by atoms with Gasteiger partial charge in [0.15, 0.2) is 12.2 Å². The molecule has 3 aliphatic rings. The minimum atomic E-state index is -1.57. The van der Waals surface area contributed by atoms with Crippen LogP contribution in [-0.2, 0) is 14.2 Å². The summed E-state index contributed by atoms with van der Waals surface area (Å²) in [6, 6.07) is -4.54. The SMILES string of the molecule is NCCN(O)C(=O)NC1CC(N)C(C2OC(CN)CCC2N=C(N)N)C(O)C1OC1OC(CO)C(O)C(N)C1O. The van der Waals surface area contributed by atoms with E-state index in [9.17, 15) is 30.4 Å². The number of hydroxylamine groups is 2. The van der Waals surface area contributed by atoms with Gasteiger partial charge in [0.1, 0.15) is 24.4 Å². The van der Waals surface area contributed by atoms with Crippen molar-refractivity contribution in [2.24, 2.45) is 45.3 Å². The highest BCUT2D eigenvalue weighted by molar-refractivity contribution is 5.76. The Hall–Kier alpha value is -1.94. The van der Waals surface area contributed by atoms with Gasteiger partial charge in [0.2, 0.25) is 0 Å². The molecule has 18 nitrogen and oxygen atoms in total. The first-order chi connectivity index (χ1) is 18.9. The zero-order chi connectivity index (χ0) is 29.7. The van der Waals surface area contributed by atoms with Crippen LogP contribution in [0.3, 0.4) is 0 Å². The fraction of sp³-hybridized carbons (Fsp3) is 0.909. The maximum Gasteiger partial charge on any atom is 0.341 e. The molecular weight excluding hydrogens is 534 g/mol. The average molecular weight is 580 g/mol. The van der Waals surface area contributed by atoms with E-state index in [1.807, 2.05) is 0 Å². The van der Waals surface area contributed by atoms with Gasteiger partial charge in [-0.3, -0.25) is 5.21 Å². The van der Waals surface area contributed by atoms with E-state index in [4.69, 9.17) is 48.6 Å². The van der Waals surface area contributed by atoms with Crippen LogP contribution in [0.4, 0.5) is 4.79 Å². The molecule has 18 N–H and O–H groups in total. The van der Waals surface area contributed by atoms with Crippen molar-refractivity contribution in [1.29, 1.82) is 0 Å². The van der Waals surface area contributed by atoms with E-state index in [0.717, 1.165) is 0 Å². The van der Waals surface area contributed by atoms with E-state index in [-0.39, 0.29) is 38.1 Å². The molecule has 0 bridgehead atoms. The van der Waals surface area contributed by atoms with Crippen LogP contribution in [0, 0.1) is 5.92 Å². The molecule has 0 spiro atoms. The Kier molecular flexibility index (Phi) is 11.6. The number of aliphatic imine (C=N–C) groups is 1. The molecular formula is C22H45N9O9.